The molecule has 74 valence electrons. The van der Waals surface area contributed by atoms with Crippen LogP contribution in [0.3, 0.4) is 0 Å². The second kappa shape index (κ2) is 5.40. The van der Waals surface area contributed by atoms with Gasteiger partial charge in [0.05, 0.1) is 10.6 Å². The van der Waals surface area contributed by atoms with E-state index in [2.05, 4.69) is 4.98 Å². The normalized spacial score (nSPS) is 9.00. The minimum atomic E-state index is 0.570. The Hall–Kier alpha value is -1.35. The number of pyridine rings is 1. The molecule has 0 aromatic carbocycles. The van der Waals surface area contributed by atoms with Gasteiger partial charge in [-0.25, -0.2) is 4.98 Å². The van der Waals surface area contributed by atoms with E-state index in [0.29, 0.717) is 5.82 Å². The molecule has 2 heterocycles. The Morgan fingerprint density at radius 2 is 1.93 bits per heavy atom. The first kappa shape index (κ1) is 10.7. The molecule has 0 saturated carbocycles. The van der Waals surface area contributed by atoms with Gasteiger partial charge in [-0.1, -0.05) is 26.0 Å². The van der Waals surface area contributed by atoms with Crippen molar-refractivity contribution in [3.8, 4) is 10.6 Å². The number of hydrogen-bond donors (Lipinski definition) is 1. The topological polar surface area (TPSA) is 38.9 Å². The van der Waals surface area contributed by atoms with E-state index in [1.54, 1.807) is 17.4 Å². The van der Waals surface area contributed by atoms with Gasteiger partial charge in [-0.3, -0.25) is 0 Å². The molecule has 0 fully saturated rings. The van der Waals surface area contributed by atoms with Crippen LogP contribution in [0.4, 0.5) is 5.82 Å². The summed E-state index contributed by atoms with van der Waals surface area (Å²) in [6.45, 7) is 4.00. The summed E-state index contributed by atoms with van der Waals surface area (Å²) < 4.78 is 0. The molecule has 0 aliphatic carbocycles. The number of aromatic nitrogens is 1. The molecule has 2 N–H and O–H groups in total. The van der Waals surface area contributed by atoms with E-state index in [9.17, 15) is 0 Å². The zero-order valence-electron chi connectivity index (χ0n) is 8.40. The monoisotopic (exact) mass is 206 g/mol. The minimum Gasteiger partial charge on any atom is -0.384 e. The Morgan fingerprint density at radius 1 is 1.14 bits per heavy atom. The first-order chi connectivity index (χ1) is 6.86. The summed E-state index contributed by atoms with van der Waals surface area (Å²) in [7, 11) is 0. The summed E-state index contributed by atoms with van der Waals surface area (Å²) in [5, 5.41) is 2.03. The van der Waals surface area contributed by atoms with E-state index >= 15 is 0 Å². The number of nitrogen functional groups attached to an aromatic ring is 1. The summed E-state index contributed by atoms with van der Waals surface area (Å²) in [5.74, 6) is 0.570. The molecule has 0 amide bonds. The SMILES string of the molecule is CC.Nc1cccc(-c2cccs2)n1. The summed E-state index contributed by atoms with van der Waals surface area (Å²) in [4.78, 5) is 5.36. The number of anilines is 1. The number of thiophene rings is 1. The van der Waals surface area contributed by atoms with Gasteiger partial charge in [0, 0.05) is 0 Å². The van der Waals surface area contributed by atoms with Gasteiger partial charge in [-0.05, 0) is 23.6 Å². The standard InChI is InChI=1S/C9H8N2S.C2H6/c10-9-5-1-3-7(11-9)8-4-2-6-12-8;1-2/h1-6H,(H2,10,11);1-2H3. The van der Waals surface area contributed by atoms with Crippen LogP contribution >= 0.6 is 11.3 Å². The largest absolute Gasteiger partial charge is 0.384 e. The van der Waals surface area contributed by atoms with Crippen molar-refractivity contribution in [2.45, 2.75) is 13.8 Å². The molecule has 0 aliphatic rings. The zero-order chi connectivity index (χ0) is 10.4. The van der Waals surface area contributed by atoms with E-state index in [1.807, 2.05) is 43.5 Å². The van der Waals surface area contributed by atoms with Crippen LogP contribution in [0, 0.1) is 0 Å². The molecular weight excluding hydrogens is 192 g/mol. The molecular formula is C11H14N2S. The van der Waals surface area contributed by atoms with Crippen LogP contribution in [0.2, 0.25) is 0 Å². The van der Waals surface area contributed by atoms with Crippen LogP contribution in [0.1, 0.15) is 13.8 Å². The summed E-state index contributed by atoms with van der Waals surface area (Å²) in [6.07, 6.45) is 0. The Balaban J connectivity index is 0.000000461. The van der Waals surface area contributed by atoms with E-state index < -0.39 is 0 Å². The van der Waals surface area contributed by atoms with Gasteiger partial charge in [0.15, 0.2) is 0 Å². The first-order valence-corrected chi connectivity index (χ1v) is 5.50. The Labute approximate surface area is 88.4 Å². The van der Waals surface area contributed by atoms with Gasteiger partial charge in [0.2, 0.25) is 0 Å². The fourth-order valence-electron chi connectivity index (χ4n) is 1.01. The highest BCUT2D eigenvalue weighted by molar-refractivity contribution is 7.13. The second-order valence-corrected chi connectivity index (χ2v) is 3.37. The number of nitrogens with zero attached hydrogens (tertiary/aromatic N) is 1. The third kappa shape index (κ3) is 2.57. The lowest BCUT2D eigenvalue weighted by Gasteiger charge is -1.96. The van der Waals surface area contributed by atoms with Crippen molar-refractivity contribution in [1.29, 1.82) is 0 Å². The van der Waals surface area contributed by atoms with Crippen LogP contribution < -0.4 is 5.73 Å². The molecule has 0 radical (unpaired) electrons. The summed E-state index contributed by atoms with van der Waals surface area (Å²) >= 11 is 1.67. The van der Waals surface area contributed by atoms with Crippen LogP contribution in [-0.2, 0) is 0 Å². The van der Waals surface area contributed by atoms with Gasteiger partial charge in [0.1, 0.15) is 5.82 Å². The molecule has 0 spiro atoms. The molecule has 2 rings (SSSR count). The van der Waals surface area contributed by atoms with Gasteiger partial charge < -0.3 is 5.73 Å². The number of rotatable bonds is 1. The zero-order valence-corrected chi connectivity index (χ0v) is 9.21. The third-order valence-corrected chi connectivity index (χ3v) is 2.44. The van der Waals surface area contributed by atoms with Gasteiger partial charge in [-0.2, -0.15) is 0 Å². The van der Waals surface area contributed by atoms with Crippen molar-refractivity contribution >= 4 is 17.2 Å². The van der Waals surface area contributed by atoms with Crippen LogP contribution in [0.5, 0.6) is 0 Å². The van der Waals surface area contributed by atoms with Gasteiger partial charge >= 0.3 is 0 Å². The van der Waals surface area contributed by atoms with Crippen molar-refractivity contribution in [2.75, 3.05) is 5.73 Å². The van der Waals surface area contributed by atoms with E-state index in [-0.39, 0.29) is 0 Å². The summed E-state index contributed by atoms with van der Waals surface area (Å²) in [5.41, 5.74) is 6.51. The van der Waals surface area contributed by atoms with Crippen LogP contribution in [0.15, 0.2) is 35.7 Å². The average Bonchev–Trinajstić information content (AvgIpc) is 2.74. The maximum atomic E-state index is 5.56. The Kier molecular flexibility index (Phi) is 4.13. The molecule has 0 saturated heterocycles. The smallest absolute Gasteiger partial charge is 0.124 e. The first-order valence-electron chi connectivity index (χ1n) is 4.63. The molecule has 2 aromatic heterocycles. The lowest BCUT2D eigenvalue weighted by atomic mass is 10.3. The molecule has 0 unspecified atom stereocenters. The van der Waals surface area contributed by atoms with E-state index in [1.165, 1.54) is 0 Å². The maximum absolute atomic E-state index is 5.56. The van der Waals surface area contributed by atoms with Crippen molar-refractivity contribution in [2.24, 2.45) is 0 Å². The van der Waals surface area contributed by atoms with E-state index in [4.69, 9.17) is 5.73 Å². The van der Waals surface area contributed by atoms with Crippen LogP contribution in [0.25, 0.3) is 10.6 Å². The predicted molar refractivity (Wildman–Crippen MR) is 63.3 cm³/mol. The molecule has 0 bridgehead atoms. The highest BCUT2D eigenvalue weighted by Crippen LogP contribution is 2.22. The molecule has 0 atom stereocenters. The van der Waals surface area contributed by atoms with Gasteiger partial charge in [0.25, 0.3) is 0 Å². The predicted octanol–water partition coefficient (Wildman–Crippen LogP) is 3.42. The maximum Gasteiger partial charge on any atom is 0.124 e. The van der Waals surface area contributed by atoms with Crippen LogP contribution in [-0.4, -0.2) is 4.98 Å². The second-order valence-electron chi connectivity index (χ2n) is 2.42. The lowest BCUT2D eigenvalue weighted by Crippen LogP contribution is -1.89. The lowest BCUT2D eigenvalue weighted by molar-refractivity contribution is 1.35. The van der Waals surface area contributed by atoms with Crippen molar-refractivity contribution in [1.82, 2.24) is 4.98 Å². The van der Waals surface area contributed by atoms with Gasteiger partial charge in [-0.15, -0.1) is 11.3 Å². The van der Waals surface area contributed by atoms with E-state index in [0.717, 1.165) is 10.6 Å². The number of nitrogens with two attached hydrogens (primary N) is 1. The third-order valence-electron chi connectivity index (χ3n) is 1.54. The molecule has 0 aliphatic heterocycles. The molecule has 14 heavy (non-hydrogen) atoms. The molecule has 2 aromatic rings. The van der Waals surface area contributed by atoms with Crippen molar-refractivity contribution in [3.63, 3.8) is 0 Å². The summed E-state index contributed by atoms with van der Waals surface area (Å²) in [6, 6.07) is 9.70. The number of hydrogen-bond acceptors (Lipinski definition) is 3. The molecule has 3 heteroatoms. The highest BCUT2D eigenvalue weighted by atomic mass is 32.1. The Morgan fingerprint density at radius 3 is 2.50 bits per heavy atom. The average molecular weight is 206 g/mol. The fourth-order valence-corrected chi connectivity index (χ4v) is 1.71. The highest BCUT2D eigenvalue weighted by Gasteiger charge is 1.98. The Bertz CT molecular complexity index is 369. The minimum absolute atomic E-state index is 0.570. The fraction of sp³-hybridized carbons (Fsp3) is 0.182. The quantitative estimate of drug-likeness (QED) is 0.776. The van der Waals surface area contributed by atoms with Crippen molar-refractivity contribution < 1.29 is 0 Å². The van der Waals surface area contributed by atoms with Crippen molar-refractivity contribution in [3.05, 3.63) is 35.7 Å². The molecule has 2 nitrogen and oxygen atoms in total.